The molecule has 0 radical (unpaired) electrons. The minimum atomic E-state index is -0.938. The van der Waals surface area contributed by atoms with Gasteiger partial charge < -0.3 is 20.1 Å². The fourth-order valence-electron chi connectivity index (χ4n) is 7.85. The zero-order valence-corrected chi connectivity index (χ0v) is 24.2. The van der Waals surface area contributed by atoms with Crippen LogP contribution in [0.15, 0.2) is 48.7 Å². The van der Waals surface area contributed by atoms with Gasteiger partial charge in [-0.1, -0.05) is 30.2 Å². The molecule has 8 nitrogen and oxygen atoms in total. The lowest BCUT2D eigenvalue weighted by Gasteiger charge is -2.34. The molecule has 2 aromatic heterocycles. The minimum absolute atomic E-state index is 0.0185. The number of phenolic OH excluding ortho intramolecular Hbond substituents is 1. The van der Waals surface area contributed by atoms with E-state index >= 15 is 4.39 Å². The highest BCUT2D eigenvalue weighted by molar-refractivity contribution is 6.02. The summed E-state index contributed by atoms with van der Waals surface area (Å²) in [6, 6.07) is 9.12. The number of benzene rings is 2. The molecule has 224 valence electrons. The molecule has 4 atom stereocenters. The van der Waals surface area contributed by atoms with Gasteiger partial charge in [-0.15, -0.1) is 6.42 Å². The van der Waals surface area contributed by atoms with Crippen LogP contribution >= 0.6 is 0 Å². The third-order valence-corrected chi connectivity index (χ3v) is 9.69. The van der Waals surface area contributed by atoms with Crippen LogP contribution in [0.4, 0.5) is 14.6 Å². The SMILES string of the molecule is C#Cc1cccc2cc(O)cc(-c3ncc4c(N5CC6CCC(C5)N6)nc(OCC56CC(=C)CN5C[C@@H](F)C6)nc4c3F)c12. The summed E-state index contributed by atoms with van der Waals surface area (Å²) in [6.07, 6.45) is 9.59. The van der Waals surface area contributed by atoms with E-state index in [0.717, 1.165) is 31.5 Å². The molecule has 4 aromatic rings. The van der Waals surface area contributed by atoms with E-state index < -0.39 is 17.5 Å². The maximum absolute atomic E-state index is 16.8. The first kappa shape index (κ1) is 27.2. The highest BCUT2D eigenvalue weighted by Gasteiger charge is 2.50. The lowest BCUT2D eigenvalue weighted by molar-refractivity contribution is 0.107. The number of terminal acetylenes is 1. The molecule has 2 N–H and O–H groups in total. The van der Waals surface area contributed by atoms with Gasteiger partial charge >= 0.3 is 6.01 Å². The number of alkyl halides is 1. The second-order valence-corrected chi connectivity index (χ2v) is 12.7. The van der Waals surface area contributed by atoms with Crippen LogP contribution in [0.5, 0.6) is 11.8 Å². The molecule has 4 aliphatic heterocycles. The third kappa shape index (κ3) is 4.37. The Hall–Kier alpha value is -4.33. The van der Waals surface area contributed by atoms with E-state index in [4.69, 9.17) is 16.1 Å². The van der Waals surface area contributed by atoms with Crippen LogP contribution in [0.3, 0.4) is 0 Å². The summed E-state index contributed by atoms with van der Waals surface area (Å²) < 4.78 is 37.5. The molecule has 4 aliphatic rings. The van der Waals surface area contributed by atoms with E-state index in [1.165, 1.54) is 6.07 Å². The van der Waals surface area contributed by atoms with Crippen LogP contribution in [0.2, 0.25) is 0 Å². The normalized spacial score (nSPS) is 26.4. The number of halogens is 2. The molecule has 2 bridgehead atoms. The van der Waals surface area contributed by atoms with Crippen molar-refractivity contribution in [3.05, 3.63) is 60.1 Å². The van der Waals surface area contributed by atoms with Crippen LogP contribution in [0.25, 0.3) is 32.9 Å². The van der Waals surface area contributed by atoms with Crippen molar-refractivity contribution in [2.24, 2.45) is 0 Å². The zero-order chi connectivity index (χ0) is 30.2. The number of hydrogen-bond donors (Lipinski definition) is 2. The van der Waals surface area contributed by atoms with Gasteiger partial charge in [-0.2, -0.15) is 9.97 Å². The predicted octanol–water partition coefficient (Wildman–Crippen LogP) is 4.73. The van der Waals surface area contributed by atoms with E-state index in [9.17, 15) is 9.50 Å². The van der Waals surface area contributed by atoms with Gasteiger partial charge in [0, 0.05) is 67.4 Å². The van der Waals surface area contributed by atoms with Gasteiger partial charge in [0.2, 0.25) is 0 Å². The molecule has 6 heterocycles. The van der Waals surface area contributed by atoms with Gasteiger partial charge in [0.05, 0.1) is 10.9 Å². The first-order chi connectivity index (χ1) is 21.3. The number of nitrogens with zero attached hydrogens (tertiary/aromatic N) is 5. The third-order valence-electron chi connectivity index (χ3n) is 9.69. The number of piperazine rings is 1. The molecule has 4 fully saturated rings. The molecule has 44 heavy (non-hydrogen) atoms. The van der Waals surface area contributed by atoms with E-state index in [1.807, 2.05) is 6.07 Å². The number of rotatable bonds is 5. The fourth-order valence-corrected chi connectivity index (χ4v) is 7.85. The molecule has 0 spiro atoms. The first-order valence-corrected chi connectivity index (χ1v) is 15.1. The van der Waals surface area contributed by atoms with Gasteiger partial charge in [-0.05, 0) is 42.8 Å². The van der Waals surface area contributed by atoms with Crippen LogP contribution in [0, 0.1) is 18.2 Å². The van der Waals surface area contributed by atoms with E-state index in [-0.39, 0.29) is 29.6 Å². The van der Waals surface area contributed by atoms with Gasteiger partial charge in [0.15, 0.2) is 5.82 Å². The standard InChI is InChI=1S/C34H32F2N6O2/c1-3-20-5-4-6-21-9-25(43)10-26(28(20)21)30-29(36)31-27(13-37-30)32(41-16-23-7-8-24(17-41)38-23)40-33(39-31)44-18-34-11-19(2)14-42(34)15-22(35)12-34/h1,4-6,9-10,13,22-24,38,43H,2,7-8,11-12,14-18H2/t22-,23?,24?,34?/m0/s1. The lowest BCUT2D eigenvalue weighted by Crippen LogP contribution is -2.51. The van der Waals surface area contributed by atoms with Crippen LogP contribution in [-0.4, -0.2) is 81.5 Å². The Balaban J connectivity index is 1.26. The van der Waals surface area contributed by atoms with Gasteiger partial charge in [0.1, 0.15) is 35.6 Å². The average molecular weight is 595 g/mol. The van der Waals surface area contributed by atoms with E-state index in [1.54, 1.807) is 24.4 Å². The van der Waals surface area contributed by atoms with Crippen molar-refractivity contribution >= 4 is 27.5 Å². The summed E-state index contributed by atoms with van der Waals surface area (Å²) in [5, 5.41) is 15.9. The topological polar surface area (TPSA) is 86.6 Å². The molecular weight excluding hydrogens is 562 g/mol. The summed E-state index contributed by atoms with van der Waals surface area (Å²) in [4.78, 5) is 18.2. The molecule has 4 saturated heterocycles. The van der Waals surface area contributed by atoms with Gasteiger partial charge in [-0.3, -0.25) is 9.88 Å². The Morgan fingerprint density at radius 1 is 1.18 bits per heavy atom. The van der Waals surface area contributed by atoms with Crippen LogP contribution in [0.1, 0.15) is 31.2 Å². The Kier molecular flexibility index (Phi) is 6.26. The van der Waals surface area contributed by atoms with Crippen molar-refractivity contribution < 1.29 is 18.6 Å². The van der Waals surface area contributed by atoms with Crippen molar-refractivity contribution in [1.82, 2.24) is 25.2 Å². The monoisotopic (exact) mass is 594 g/mol. The summed E-state index contributed by atoms with van der Waals surface area (Å²) in [5.74, 6) is 2.54. The predicted molar refractivity (Wildman–Crippen MR) is 165 cm³/mol. The van der Waals surface area contributed by atoms with E-state index in [2.05, 4.69) is 37.6 Å². The Morgan fingerprint density at radius 3 is 2.80 bits per heavy atom. The highest BCUT2D eigenvalue weighted by Crippen LogP contribution is 2.43. The maximum Gasteiger partial charge on any atom is 0.319 e. The Morgan fingerprint density at radius 2 is 2.00 bits per heavy atom. The summed E-state index contributed by atoms with van der Waals surface area (Å²) >= 11 is 0. The molecule has 3 unspecified atom stereocenters. The van der Waals surface area contributed by atoms with Crippen molar-refractivity contribution in [3.63, 3.8) is 0 Å². The minimum Gasteiger partial charge on any atom is -0.508 e. The number of aromatic hydroxyl groups is 1. The number of phenols is 1. The summed E-state index contributed by atoms with van der Waals surface area (Å²) in [6.45, 7) is 6.73. The first-order valence-electron chi connectivity index (χ1n) is 15.1. The number of fused-ring (bicyclic) bond motifs is 5. The van der Waals surface area contributed by atoms with Gasteiger partial charge in [0.25, 0.3) is 0 Å². The molecule has 0 aliphatic carbocycles. The number of anilines is 1. The highest BCUT2D eigenvalue weighted by atomic mass is 19.1. The number of hydrogen-bond acceptors (Lipinski definition) is 8. The molecule has 2 aromatic carbocycles. The second-order valence-electron chi connectivity index (χ2n) is 12.7. The molecule has 8 rings (SSSR count). The van der Waals surface area contributed by atoms with Crippen LogP contribution < -0.4 is 15.0 Å². The summed E-state index contributed by atoms with van der Waals surface area (Å²) in [7, 11) is 0. The van der Waals surface area contributed by atoms with Gasteiger partial charge in [-0.25, -0.2) is 8.78 Å². The number of nitrogens with one attached hydrogen (secondary N) is 1. The fraction of sp³-hybridized carbons (Fsp3) is 0.382. The number of ether oxygens (including phenoxy) is 1. The van der Waals surface area contributed by atoms with Crippen molar-refractivity contribution in [2.45, 2.75) is 49.5 Å². The molecule has 10 heteroatoms. The molecule has 0 saturated carbocycles. The van der Waals surface area contributed by atoms with Crippen LogP contribution in [-0.2, 0) is 0 Å². The molecule has 0 amide bonds. The van der Waals surface area contributed by atoms with Crippen molar-refractivity contribution in [2.75, 3.05) is 37.7 Å². The van der Waals surface area contributed by atoms with Crippen molar-refractivity contribution in [3.8, 4) is 35.4 Å². The zero-order valence-electron chi connectivity index (χ0n) is 24.2. The maximum atomic E-state index is 16.8. The summed E-state index contributed by atoms with van der Waals surface area (Å²) in [5.41, 5.74) is 1.54. The van der Waals surface area contributed by atoms with Crippen molar-refractivity contribution in [1.29, 1.82) is 0 Å². The number of aromatic nitrogens is 3. The largest absolute Gasteiger partial charge is 0.508 e. The Labute approximate surface area is 253 Å². The Bertz CT molecular complexity index is 1880. The smallest absolute Gasteiger partial charge is 0.319 e. The molecular formula is C34H32F2N6O2. The van der Waals surface area contributed by atoms with E-state index in [0.29, 0.717) is 71.1 Å². The second kappa shape index (κ2) is 10.1. The lowest BCUT2D eigenvalue weighted by atomic mass is 9.93. The average Bonchev–Trinajstić information content (AvgIpc) is 3.61. The quantitative estimate of drug-likeness (QED) is 0.253. The number of pyridine rings is 1.